The summed E-state index contributed by atoms with van der Waals surface area (Å²) in [6.07, 6.45) is 0.595. The number of hydrogen-bond donors (Lipinski definition) is 0. The number of halogens is 1. The minimum Gasteiger partial charge on any atom is -0.468 e. The van der Waals surface area contributed by atoms with E-state index in [4.69, 9.17) is 16.3 Å². The third kappa shape index (κ3) is 3.65. The molecule has 0 radical (unpaired) electrons. The van der Waals surface area contributed by atoms with Gasteiger partial charge in [-0.3, -0.25) is 4.79 Å². The molecule has 0 saturated heterocycles. The number of ether oxygens (including phenoxy) is 1. The molecule has 136 valence electrons. The first-order valence-electron chi connectivity index (χ1n) is 8.70. The molecule has 3 rings (SSSR count). The minimum atomic E-state index is -0.727. The number of fused-ring (bicyclic) bond motifs is 1. The van der Waals surface area contributed by atoms with Crippen molar-refractivity contribution in [3.63, 3.8) is 0 Å². The molecule has 0 N–H and O–H groups in total. The van der Waals surface area contributed by atoms with Crippen LogP contribution in [0.3, 0.4) is 0 Å². The van der Waals surface area contributed by atoms with Crippen LogP contribution in [0.5, 0.6) is 0 Å². The molecule has 26 heavy (non-hydrogen) atoms. The average molecular weight is 387 g/mol. The average Bonchev–Trinajstić information content (AvgIpc) is 3.01. The lowest BCUT2D eigenvalue weighted by molar-refractivity contribution is -0.146. The first kappa shape index (κ1) is 18.9. The largest absolute Gasteiger partial charge is 0.468 e. The Balaban J connectivity index is 1.99. The number of benzene rings is 2. The van der Waals surface area contributed by atoms with Gasteiger partial charge in [0.05, 0.1) is 12.5 Å². The molecule has 0 aliphatic rings. The second kappa shape index (κ2) is 7.42. The lowest BCUT2D eigenvalue weighted by Gasteiger charge is -2.27. The van der Waals surface area contributed by atoms with E-state index in [0.717, 1.165) is 25.5 Å². The van der Waals surface area contributed by atoms with Crippen molar-refractivity contribution in [2.75, 3.05) is 7.11 Å². The first-order chi connectivity index (χ1) is 12.3. The molecule has 0 spiro atoms. The third-order valence-electron chi connectivity index (χ3n) is 4.91. The van der Waals surface area contributed by atoms with Crippen LogP contribution in [-0.4, -0.2) is 13.1 Å². The lowest BCUT2D eigenvalue weighted by Crippen LogP contribution is -2.35. The Bertz CT molecular complexity index is 927. The SMILES string of the molecule is COC(=O)C(C)(Cc1cc2ccc(Cl)cc2s1)c1ccc(C(C)C)cc1. The summed E-state index contributed by atoms with van der Waals surface area (Å²) in [5.41, 5.74) is 1.51. The highest BCUT2D eigenvalue weighted by molar-refractivity contribution is 7.19. The van der Waals surface area contributed by atoms with E-state index in [1.54, 1.807) is 11.3 Å². The van der Waals surface area contributed by atoms with Crippen molar-refractivity contribution in [1.82, 2.24) is 0 Å². The van der Waals surface area contributed by atoms with E-state index in [2.05, 4.69) is 44.2 Å². The number of carbonyl (C=O) groups is 1. The normalized spacial score (nSPS) is 13.8. The number of methoxy groups -OCH3 is 1. The molecule has 2 nitrogen and oxygen atoms in total. The predicted molar refractivity (Wildman–Crippen MR) is 110 cm³/mol. The summed E-state index contributed by atoms with van der Waals surface area (Å²) in [5, 5.41) is 1.88. The van der Waals surface area contributed by atoms with E-state index in [1.807, 2.05) is 25.1 Å². The van der Waals surface area contributed by atoms with Crippen LogP contribution in [0.4, 0.5) is 0 Å². The van der Waals surface area contributed by atoms with Gasteiger partial charge >= 0.3 is 5.97 Å². The van der Waals surface area contributed by atoms with Crippen molar-refractivity contribution in [1.29, 1.82) is 0 Å². The summed E-state index contributed by atoms with van der Waals surface area (Å²) in [5.74, 6) is 0.242. The van der Waals surface area contributed by atoms with Gasteiger partial charge in [0.15, 0.2) is 0 Å². The van der Waals surface area contributed by atoms with Crippen molar-refractivity contribution >= 4 is 39.0 Å². The maximum atomic E-state index is 12.7. The third-order valence-corrected chi connectivity index (χ3v) is 6.24. The summed E-state index contributed by atoms with van der Waals surface area (Å²) >= 11 is 7.78. The quantitative estimate of drug-likeness (QED) is 0.477. The number of carbonyl (C=O) groups excluding carboxylic acids is 1. The van der Waals surface area contributed by atoms with Crippen LogP contribution in [0.1, 0.15) is 42.7 Å². The van der Waals surface area contributed by atoms with Crippen molar-refractivity contribution in [2.45, 2.75) is 38.5 Å². The molecule has 4 heteroatoms. The monoisotopic (exact) mass is 386 g/mol. The highest BCUT2D eigenvalue weighted by Gasteiger charge is 2.37. The fraction of sp³-hybridized carbons (Fsp3) is 0.318. The fourth-order valence-corrected chi connectivity index (χ4v) is 4.75. The second-order valence-electron chi connectivity index (χ2n) is 7.17. The Kier molecular flexibility index (Phi) is 5.40. The van der Waals surface area contributed by atoms with Crippen LogP contribution in [-0.2, 0) is 21.4 Å². The predicted octanol–water partition coefficient (Wildman–Crippen LogP) is 6.35. The van der Waals surface area contributed by atoms with Crippen LogP contribution in [0.15, 0.2) is 48.5 Å². The Hall–Kier alpha value is -1.84. The van der Waals surface area contributed by atoms with Crippen LogP contribution in [0.25, 0.3) is 10.1 Å². The fourth-order valence-electron chi connectivity index (χ4n) is 3.25. The second-order valence-corrected chi connectivity index (χ2v) is 8.78. The highest BCUT2D eigenvalue weighted by Crippen LogP contribution is 2.36. The number of thiophene rings is 1. The van der Waals surface area contributed by atoms with Crippen molar-refractivity contribution in [2.24, 2.45) is 0 Å². The van der Waals surface area contributed by atoms with E-state index in [0.29, 0.717) is 12.3 Å². The Morgan fingerprint density at radius 3 is 2.46 bits per heavy atom. The molecule has 1 unspecified atom stereocenters. The van der Waals surface area contributed by atoms with Gasteiger partial charge in [0, 0.05) is 21.0 Å². The molecule has 0 saturated carbocycles. The van der Waals surface area contributed by atoms with Crippen LogP contribution < -0.4 is 0 Å². The molecular weight excluding hydrogens is 364 g/mol. The number of esters is 1. The molecule has 0 aliphatic heterocycles. The molecular formula is C22H23ClO2S. The summed E-state index contributed by atoms with van der Waals surface area (Å²) in [4.78, 5) is 13.8. The lowest BCUT2D eigenvalue weighted by atomic mass is 9.78. The first-order valence-corrected chi connectivity index (χ1v) is 9.90. The van der Waals surface area contributed by atoms with E-state index < -0.39 is 5.41 Å². The van der Waals surface area contributed by atoms with Gasteiger partial charge in [-0.05, 0) is 47.6 Å². The van der Waals surface area contributed by atoms with Gasteiger partial charge in [0.1, 0.15) is 0 Å². The Labute approximate surface area is 163 Å². The van der Waals surface area contributed by atoms with Gasteiger partial charge in [-0.25, -0.2) is 0 Å². The van der Waals surface area contributed by atoms with E-state index in [1.165, 1.54) is 12.7 Å². The van der Waals surface area contributed by atoms with Crippen LogP contribution in [0, 0.1) is 0 Å². The van der Waals surface area contributed by atoms with Crippen LogP contribution in [0.2, 0.25) is 5.02 Å². The molecule has 0 aliphatic carbocycles. The van der Waals surface area contributed by atoms with Gasteiger partial charge in [0.25, 0.3) is 0 Å². The van der Waals surface area contributed by atoms with Gasteiger partial charge in [-0.15, -0.1) is 11.3 Å². The molecule has 1 aromatic heterocycles. The summed E-state index contributed by atoms with van der Waals surface area (Å²) < 4.78 is 6.29. The zero-order valence-electron chi connectivity index (χ0n) is 15.5. The Morgan fingerprint density at radius 2 is 1.85 bits per heavy atom. The van der Waals surface area contributed by atoms with Gasteiger partial charge < -0.3 is 4.74 Å². The van der Waals surface area contributed by atoms with Crippen molar-refractivity contribution < 1.29 is 9.53 Å². The summed E-state index contributed by atoms with van der Waals surface area (Å²) in [6, 6.07) is 16.3. The molecule has 0 amide bonds. The zero-order valence-corrected chi connectivity index (χ0v) is 17.1. The molecule has 2 aromatic carbocycles. The van der Waals surface area contributed by atoms with Gasteiger partial charge in [-0.1, -0.05) is 55.8 Å². The topological polar surface area (TPSA) is 26.3 Å². The smallest absolute Gasteiger partial charge is 0.316 e. The number of rotatable bonds is 5. The molecule has 0 bridgehead atoms. The zero-order chi connectivity index (χ0) is 18.9. The molecule has 3 aromatic rings. The summed E-state index contributed by atoms with van der Waals surface area (Å²) in [6.45, 7) is 6.29. The Morgan fingerprint density at radius 1 is 1.15 bits per heavy atom. The minimum absolute atomic E-state index is 0.217. The summed E-state index contributed by atoms with van der Waals surface area (Å²) in [7, 11) is 1.45. The van der Waals surface area contributed by atoms with Gasteiger partial charge in [-0.2, -0.15) is 0 Å². The van der Waals surface area contributed by atoms with Crippen molar-refractivity contribution in [3.05, 3.63) is 69.6 Å². The standard InChI is InChI=1S/C22H23ClO2S/c1-14(2)15-5-8-17(9-6-15)22(3,21(24)25-4)13-19-11-16-7-10-18(23)12-20(16)26-19/h5-12,14H,13H2,1-4H3. The molecule has 1 atom stereocenters. The highest BCUT2D eigenvalue weighted by atomic mass is 35.5. The number of hydrogen-bond acceptors (Lipinski definition) is 3. The molecule has 1 heterocycles. The van der Waals surface area contributed by atoms with E-state index in [9.17, 15) is 4.79 Å². The maximum absolute atomic E-state index is 12.7. The van der Waals surface area contributed by atoms with Crippen molar-refractivity contribution in [3.8, 4) is 0 Å². The molecule has 0 fully saturated rings. The van der Waals surface area contributed by atoms with Crippen LogP contribution >= 0.6 is 22.9 Å². The van der Waals surface area contributed by atoms with E-state index in [-0.39, 0.29) is 5.97 Å². The maximum Gasteiger partial charge on any atom is 0.316 e. The van der Waals surface area contributed by atoms with E-state index >= 15 is 0 Å². The van der Waals surface area contributed by atoms with Gasteiger partial charge in [0.2, 0.25) is 0 Å².